The molecule has 0 aliphatic heterocycles. The van der Waals surface area contributed by atoms with E-state index in [0.29, 0.717) is 30.0 Å². The van der Waals surface area contributed by atoms with Crippen molar-refractivity contribution in [1.82, 2.24) is 15.3 Å². The van der Waals surface area contributed by atoms with Crippen molar-refractivity contribution in [2.75, 3.05) is 20.3 Å². The highest BCUT2D eigenvalue weighted by Gasteiger charge is 2.30. The molecule has 0 spiro atoms. The molecule has 0 aliphatic rings. The third-order valence-corrected chi connectivity index (χ3v) is 3.88. The van der Waals surface area contributed by atoms with Crippen LogP contribution in [0.2, 0.25) is 0 Å². The van der Waals surface area contributed by atoms with Crippen LogP contribution in [0.1, 0.15) is 30.4 Å². The van der Waals surface area contributed by atoms with E-state index in [0.717, 1.165) is 25.1 Å². The molecule has 0 unspecified atom stereocenters. The molecule has 0 saturated carbocycles. The summed E-state index contributed by atoms with van der Waals surface area (Å²) in [6.45, 7) is 3.34. The van der Waals surface area contributed by atoms with Gasteiger partial charge in [-0.2, -0.15) is 18.4 Å². The van der Waals surface area contributed by atoms with Gasteiger partial charge in [-0.25, -0.2) is 9.97 Å². The normalized spacial score (nSPS) is 12.6. The number of aryl methyl sites for hydroxylation is 1. The predicted octanol–water partition coefficient (Wildman–Crippen LogP) is 3.59. The fourth-order valence-corrected chi connectivity index (χ4v) is 2.61. The van der Waals surface area contributed by atoms with Gasteiger partial charge in [0.25, 0.3) is 0 Å². The van der Waals surface area contributed by atoms with Crippen molar-refractivity contribution in [2.24, 2.45) is 0 Å². The summed E-state index contributed by atoms with van der Waals surface area (Å²) in [5, 5.41) is 12.4. The van der Waals surface area contributed by atoms with Gasteiger partial charge < -0.3 is 10.1 Å². The van der Waals surface area contributed by atoms with Crippen LogP contribution in [0.25, 0.3) is 11.3 Å². The molecule has 2 rings (SSSR count). The van der Waals surface area contributed by atoms with E-state index in [4.69, 9.17) is 10.00 Å². The van der Waals surface area contributed by atoms with Crippen molar-refractivity contribution >= 4 is 0 Å². The highest BCUT2D eigenvalue weighted by molar-refractivity contribution is 5.61. The predicted molar refractivity (Wildman–Crippen MR) is 94.8 cm³/mol. The maximum atomic E-state index is 12.9. The molecule has 0 aliphatic carbocycles. The first kappa shape index (κ1) is 20.8. The first-order chi connectivity index (χ1) is 12.8. The van der Waals surface area contributed by atoms with Crippen LogP contribution in [-0.2, 0) is 17.3 Å². The lowest BCUT2D eigenvalue weighted by Crippen LogP contribution is -2.31. The first-order valence-corrected chi connectivity index (χ1v) is 8.51. The summed E-state index contributed by atoms with van der Waals surface area (Å²) in [5.41, 5.74) is 0.477. The van der Waals surface area contributed by atoms with Gasteiger partial charge in [0.15, 0.2) is 0 Å². The minimum absolute atomic E-state index is 0.0550. The van der Waals surface area contributed by atoms with Crippen LogP contribution in [-0.4, -0.2) is 36.3 Å². The molecule has 1 aromatic carbocycles. The highest BCUT2D eigenvalue weighted by atomic mass is 19.4. The number of hydrogen-bond donors (Lipinski definition) is 1. The van der Waals surface area contributed by atoms with E-state index in [1.165, 1.54) is 12.1 Å². The number of benzene rings is 1. The monoisotopic (exact) mass is 378 g/mol. The molecule has 1 heterocycles. The number of rotatable bonds is 8. The van der Waals surface area contributed by atoms with E-state index >= 15 is 0 Å². The molecule has 2 aromatic rings. The number of nitriles is 1. The molecule has 5 nitrogen and oxygen atoms in total. The van der Waals surface area contributed by atoms with Crippen LogP contribution in [0.5, 0.6) is 0 Å². The topological polar surface area (TPSA) is 70.8 Å². The van der Waals surface area contributed by atoms with Gasteiger partial charge in [-0.3, -0.25) is 0 Å². The Hall–Kier alpha value is -2.50. The van der Waals surface area contributed by atoms with Crippen LogP contribution < -0.4 is 5.32 Å². The number of ether oxygens (including phenoxy) is 1. The maximum absolute atomic E-state index is 12.9. The molecule has 0 amide bonds. The molecule has 8 heteroatoms. The summed E-state index contributed by atoms with van der Waals surface area (Å²) in [4.78, 5) is 8.21. The quantitative estimate of drug-likeness (QED) is 0.711. The van der Waals surface area contributed by atoms with Crippen LogP contribution >= 0.6 is 0 Å². The molecular formula is C19H21F3N4O. The van der Waals surface area contributed by atoms with Gasteiger partial charge in [-0.15, -0.1) is 0 Å². The van der Waals surface area contributed by atoms with Gasteiger partial charge in [0.05, 0.1) is 17.9 Å². The zero-order valence-corrected chi connectivity index (χ0v) is 15.2. The molecule has 1 aromatic heterocycles. The number of halogens is 3. The standard InChI is InChI=1S/C19H21F3N4O/c1-13(12-27-2)24-8-4-7-16-10-17(26-18(11-23)25-16)14-5-3-6-15(9-14)19(20,21)22/h3,5-6,9-10,13,24H,4,7-8,12H2,1-2H3/t13-/m0/s1. The van der Waals surface area contributed by atoms with Gasteiger partial charge in [0.1, 0.15) is 6.07 Å². The van der Waals surface area contributed by atoms with Gasteiger partial charge in [-0.05, 0) is 44.5 Å². The second kappa shape index (κ2) is 9.44. The third-order valence-electron chi connectivity index (χ3n) is 3.88. The molecule has 1 atom stereocenters. The van der Waals surface area contributed by atoms with E-state index in [1.54, 1.807) is 13.2 Å². The van der Waals surface area contributed by atoms with Crippen molar-refractivity contribution in [1.29, 1.82) is 5.26 Å². The van der Waals surface area contributed by atoms with Gasteiger partial charge >= 0.3 is 6.18 Å². The number of aromatic nitrogens is 2. The van der Waals surface area contributed by atoms with Gasteiger partial charge in [0.2, 0.25) is 5.82 Å². The van der Waals surface area contributed by atoms with Crippen molar-refractivity contribution in [2.45, 2.75) is 32.0 Å². The third kappa shape index (κ3) is 6.31. The minimum Gasteiger partial charge on any atom is -0.383 e. The van der Waals surface area contributed by atoms with E-state index in [9.17, 15) is 13.2 Å². The summed E-state index contributed by atoms with van der Waals surface area (Å²) in [6.07, 6.45) is -3.09. The molecule has 1 N–H and O–H groups in total. The SMILES string of the molecule is COC[C@H](C)NCCCc1cc(-c2cccc(C(F)(F)F)c2)nc(C#N)n1. The Morgan fingerprint density at radius 1 is 1.26 bits per heavy atom. The number of alkyl halides is 3. The summed E-state index contributed by atoms with van der Waals surface area (Å²) in [5.74, 6) is -0.0550. The second-order valence-electron chi connectivity index (χ2n) is 6.17. The first-order valence-electron chi connectivity index (χ1n) is 8.51. The Kier molecular flexibility index (Phi) is 7.28. The molecule has 0 saturated heterocycles. The lowest BCUT2D eigenvalue weighted by atomic mass is 10.1. The average Bonchev–Trinajstić information content (AvgIpc) is 2.64. The maximum Gasteiger partial charge on any atom is 0.416 e. The Morgan fingerprint density at radius 3 is 2.70 bits per heavy atom. The number of hydrogen-bond acceptors (Lipinski definition) is 5. The zero-order chi connectivity index (χ0) is 19.9. The van der Waals surface area contributed by atoms with Crippen molar-refractivity contribution in [3.05, 3.63) is 47.4 Å². The Morgan fingerprint density at radius 2 is 2.04 bits per heavy atom. The number of nitrogens with one attached hydrogen (secondary N) is 1. The molecule has 144 valence electrons. The summed E-state index contributed by atoms with van der Waals surface area (Å²) < 4.78 is 43.8. The number of nitrogens with zero attached hydrogens (tertiary/aromatic N) is 3. The summed E-state index contributed by atoms with van der Waals surface area (Å²) in [6, 6.07) is 8.62. The lowest BCUT2D eigenvalue weighted by molar-refractivity contribution is -0.137. The largest absolute Gasteiger partial charge is 0.416 e. The summed E-state index contributed by atoms with van der Waals surface area (Å²) in [7, 11) is 1.64. The Labute approximate surface area is 156 Å². The van der Waals surface area contributed by atoms with Crippen molar-refractivity contribution < 1.29 is 17.9 Å². The van der Waals surface area contributed by atoms with Crippen LogP contribution in [0.3, 0.4) is 0 Å². The lowest BCUT2D eigenvalue weighted by Gasteiger charge is -2.12. The molecule has 27 heavy (non-hydrogen) atoms. The van der Waals surface area contributed by atoms with E-state index in [1.807, 2.05) is 13.0 Å². The average molecular weight is 378 g/mol. The van der Waals surface area contributed by atoms with Crippen LogP contribution in [0.15, 0.2) is 30.3 Å². The van der Waals surface area contributed by atoms with E-state index in [-0.39, 0.29) is 11.9 Å². The Bertz CT molecular complexity index is 802. The van der Waals surface area contributed by atoms with Gasteiger partial charge in [-0.1, -0.05) is 12.1 Å². The van der Waals surface area contributed by atoms with Crippen LogP contribution in [0.4, 0.5) is 13.2 Å². The number of methoxy groups -OCH3 is 1. The molecule has 0 radical (unpaired) electrons. The van der Waals surface area contributed by atoms with Gasteiger partial charge in [0, 0.05) is 24.4 Å². The van der Waals surface area contributed by atoms with E-state index in [2.05, 4.69) is 15.3 Å². The smallest absolute Gasteiger partial charge is 0.383 e. The Balaban J connectivity index is 2.15. The zero-order valence-electron chi connectivity index (χ0n) is 15.2. The van der Waals surface area contributed by atoms with E-state index < -0.39 is 11.7 Å². The molecule has 0 fully saturated rings. The fourth-order valence-electron chi connectivity index (χ4n) is 2.61. The highest BCUT2D eigenvalue weighted by Crippen LogP contribution is 2.31. The van der Waals surface area contributed by atoms with Crippen molar-refractivity contribution in [3.8, 4) is 17.3 Å². The van der Waals surface area contributed by atoms with Crippen molar-refractivity contribution in [3.63, 3.8) is 0 Å². The molecule has 0 bridgehead atoms. The minimum atomic E-state index is -4.44. The summed E-state index contributed by atoms with van der Waals surface area (Å²) >= 11 is 0. The second-order valence-corrected chi connectivity index (χ2v) is 6.17. The van der Waals surface area contributed by atoms with Crippen LogP contribution in [0, 0.1) is 11.3 Å². The fraction of sp³-hybridized carbons (Fsp3) is 0.421. The molecular weight excluding hydrogens is 357 g/mol.